The molecule has 0 aliphatic rings. The molecule has 0 aliphatic carbocycles. The first-order chi connectivity index (χ1) is 10.5. The molecule has 0 amide bonds. The second-order valence-corrected chi connectivity index (χ2v) is 6.56. The Morgan fingerprint density at radius 1 is 0.909 bits per heavy atom. The van der Waals surface area contributed by atoms with Gasteiger partial charge in [-0.3, -0.25) is 9.78 Å². The minimum atomic E-state index is 0.0183. The number of carbonyl (C=O) groups is 1. The Kier molecular flexibility index (Phi) is 3.53. The highest BCUT2D eigenvalue weighted by molar-refractivity contribution is 6.16. The lowest BCUT2D eigenvalue weighted by Crippen LogP contribution is -2.11. The van der Waals surface area contributed by atoms with Crippen molar-refractivity contribution in [2.45, 2.75) is 26.2 Å². The summed E-state index contributed by atoms with van der Waals surface area (Å²) in [5, 5.41) is 1.93. The predicted molar refractivity (Wildman–Crippen MR) is 90.3 cm³/mol. The van der Waals surface area contributed by atoms with E-state index in [1.54, 1.807) is 12.4 Å². The standard InChI is InChI=1S/C20H19NO/c1-20(2,3)16-10-8-14(9-11-16)19(22)18-13-21-12-15-6-4-5-7-17(15)18/h4-13H,1-3H3. The maximum absolute atomic E-state index is 12.8. The fourth-order valence-electron chi connectivity index (χ4n) is 2.57. The maximum atomic E-state index is 12.8. The van der Waals surface area contributed by atoms with Crippen LogP contribution in [0.3, 0.4) is 0 Å². The minimum absolute atomic E-state index is 0.0183. The second-order valence-electron chi connectivity index (χ2n) is 6.56. The van der Waals surface area contributed by atoms with Crippen molar-refractivity contribution in [3.63, 3.8) is 0 Å². The van der Waals surface area contributed by atoms with Crippen LogP contribution in [-0.4, -0.2) is 10.8 Å². The second kappa shape index (κ2) is 5.38. The molecular formula is C20H19NO. The topological polar surface area (TPSA) is 30.0 Å². The zero-order valence-corrected chi connectivity index (χ0v) is 13.1. The molecular weight excluding hydrogens is 270 g/mol. The molecule has 3 rings (SSSR count). The van der Waals surface area contributed by atoms with Gasteiger partial charge in [0.15, 0.2) is 5.78 Å². The van der Waals surface area contributed by atoms with E-state index in [9.17, 15) is 4.79 Å². The van der Waals surface area contributed by atoms with Crippen molar-refractivity contribution in [3.05, 3.63) is 77.6 Å². The maximum Gasteiger partial charge on any atom is 0.195 e. The Hall–Kier alpha value is -2.48. The van der Waals surface area contributed by atoms with Gasteiger partial charge in [-0.1, -0.05) is 69.3 Å². The molecule has 0 saturated carbocycles. The van der Waals surface area contributed by atoms with Crippen molar-refractivity contribution in [1.29, 1.82) is 0 Å². The average molecular weight is 289 g/mol. The summed E-state index contributed by atoms with van der Waals surface area (Å²) in [6.45, 7) is 6.50. The summed E-state index contributed by atoms with van der Waals surface area (Å²) in [5.74, 6) is 0.0183. The van der Waals surface area contributed by atoms with E-state index >= 15 is 0 Å². The Morgan fingerprint density at radius 3 is 2.27 bits per heavy atom. The number of rotatable bonds is 2. The number of benzene rings is 2. The van der Waals surface area contributed by atoms with Crippen LogP contribution < -0.4 is 0 Å². The molecule has 0 bridgehead atoms. The van der Waals surface area contributed by atoms with Gasteiger partial charge in [0.05, 0.1) is 0 Å². The highest BCUT2D eigenvalue weighted by atomic mass is 16.1. The molecule has 0 aliphatic heterocycles. The van der Waals surface area contributed by atoms with Crippen molar-refractivity contribution < 1.29 is 4.79 Å². The van der Waals surface area contributed by atoms with E-state index in [4.69, 9.17) is 0 Å². The van der Waals surface area contributed by atoms with E-state index in [2.05, 4.69) is 25.8 Å². The van der Waals surface area contributed by atoms with Gasteiger partial charge in [-0.15, -0.1) is 0 Å². The number of pyridine rings is 1. The summed E-state index contributed by atoms with van der Waals surface area (Å²) >= 11 is 0. The van der Waals surface area contributed by atoms with Crippen LogP contribution in [0.4, 0.5) is 0 Å². The number of ketones is 1. The summed E-state index contributed by atoms with van der Waals surface area (Å²) in [7, 11) is 0. The van der Waals surface area contributed by atoms with Gasteiger partial charge in [0.2, 0.25) is 0 Å². The fourth-order valence-corrected chi connectivity index (χ4v) is 2.57. The van der Waals surface area contributed by atoms with Crippen LogP contribution in [0.2, 0.25) is 0 Å². The molecule has 22 heavy (non-hydrogen) atoms. The highest BCUT2D eigenvalue weighted by Crippen LogP contribution is 2.24. The molecule has 2 heteroatoms. The van der Waals surface area contributed by atoms with Crippen molar-refractivity contribution in [2.24, 2.45) is 0 Å². The number of nitrogens with zero attached hydrogens (tertiary/aromatic N) is 1. The van der Waals surface area contributed by atoms with E-state index in [0.29, 0.717) is 11.1 Å². The average Bonchev–Trinajstić information content (AvgIpc) is 2.53. The largest absolute Gasteiger partial charge is 0.289 e. The first-order valence-electron chi connectivity index (χ1n) is 7.45. The lowest BCUT2D eigenvalue weighted by atomic mass is 9.86. The van der Waals surface area contributed by atoms with Crippen molar-refractivity contribution in [1.82, 2.24) is 4.98 Å². The van der Waals surface area contributed by atoms with Crippen LogP contribution in [0.5, 0.6) is 0 Å². The third kappa shape index (κ3) is 2.64. The third-order valence-electron chi connectivity index (χ3n) is 3.93. The zero-order chi connectivity index (χ0) is 15.7. The molecule has 1 aromatic heterocycles. The van der Waals surface area contributed by atoms with Crippen LogP contribution in [0, 0.1) is 0 Å². The zero-order valence-electron chi connectivity index (χ0n) is 13.1. The first kappa shape index (κ1) is 14.5. The van der Waals surface area contributed by atoms with Crippen molar-refractivity contribution in [3.8, 4) is 0 Å². The number of aromatic nitrogens is 1. The van der Waals surface area contributed by atoms with Crippen LogP contribution >= 0.6 is 0 Å². The quantitative estimate of drug-likeness (QED) is 0.636. The van der Waals surface area contributed by atoms with Crippen molar-refractivity contribution in [2.75, 3.05) is 0 Å². The van der Waals surface area contributed by atoms with Gasteiger partial charge in [-0.05, 0) is 16.4 Å². The van der Waals surface area contributed by atoms with Crippen LogP contribution in [0.15, 0.2) is 60.9 Å². The van der Waals surface area contributed by atoms with Gasteiger partial charge in [0.1, 0.15) is 0 Å². The molecule has 0 spiro atoms. The number of hydrogen-bond donors (Lipinski definition) is 0. The van der Waals surface area contributed by atoms with Crippen LogP contribution in [0.1, 0.15) is 42.3 Å². The van der Waals surface area contributed by atoms with Gasteiger partial charge in [0, 0.05) is 28.9 Å². The summed E-state index contributed by atoms with van der Waals surface area (Å²) in [6, 6.07) is 15.7. The van der Waals surface area contributed by atoms with E-state index < -0.39 is 0 Å². The van der Waals surface area contributed by atoms with Crippen LogP contribution in [-0.2, 0) is 5.41 Å². The van der Waals surface area contributed by atoms with E-state index in [0.717, 1.165) is 10.8 Å². The SMILES string of the molecule is CC(C)(C)c1ccc(C(=O)c2cncc3ccccc23)cc1. The summed E-state index contributed by atoms with van der Waals surface area (Å²) in [6.07, 6.45) is 3.44. The predicted octanol–water partition coefficient (Wildman–Crippen LogP) is 4.76. The number of fused-ring (bicyclic) bond motifs is 1. The molecule has 0 unspecified atom stereocenters. The lowest BCUT2D eigenvalue weighted by molar-refractivity contribution is 0.104. The normalized spacial score (nSPS) is 11.6. The number of hydrogen-bond acceptors (Lipinski definition) is 2. The van der Waals surface area contributed by atoms with Gasteiger partial charge in [0.25, 0.3) is 0 Å². The molecule has 0 N–H and O–H groups in total. The first-order valence-corrected chi connectivity index (χ1v) is 7.45. The van der Waals surface area contributed by atoms with E-state index in [1.807, 2.05) is 48.5 Å². The van der Waals surface area contributed by atoms with E-state index in [-0.39, 0.29) is 11.2 Å². The summed E-state index contributed by atoms with van der Waals surface area (Å²) < 4.78 is 0. The smallest absolute Gasteiger partial charge is 0.195 e. The van der Waals surface area contributed by atoms with Gasteiger partial charge >= 0.3 is 0 Å². The monoisotopic (exact) mass is 289 g/mol. The van der Waals surface area contributed by atoms with Crippen LogP contribution in [0.25, 0.3) is 10.8 Å². The molecule has 110 valence electrons. The molecule has 2 nitrogen and oxygen atoms in total. The number of carbonyl (C=O) groups excluding carboxylic acids is 1. The fraction of sp³-hybridized carbons (Fsp3) is 0.200. The Balaban J connectivity index is 2.03. The lowest BCUT2D eigenvalue weighted by Gasteiger charge is -2.19. The van der Waals surface area contributed by atoms with Gasteiger partial charge in [-0.25, -0.2) is 0 Å². The molecule has 2 aromatic carbocycles. The molecule has 0 saturated heterocycles. The van der Waals surface area contributed by atoms with E-state index in [1.165, 1.54) is 5.56 Å². The van der Waals surface area contributed by atoms with Gasteiger partial charge in [-0.2, -0.15) is 0 Å². The molecule has 0 fully saturated rings. The Morgan fingerprint density at radius 2 is 1.59 bits per heavy atom. The molecule has 1 heterocycles. The molecule has 3 aromatic rings. The summed E-state index contributed by atoms with van der Waals surface area (Å²) in [5.41, 5.74) is 2.66. The summed E-state index contributed by atoms with van der Waals surface area (Å²) in [4.78, 5) is 17.0. The minimum Gasteiger partial charge on any atom is -0.289 e. The Labute approximate surface area is 130 Å². The Bertz CT molecular complexity index is 821. The molecule has 0 radical (unpaired) electrons. The van der Waals surface area contributed by atoms with Gasteiger partial charge < -0.3 is 0 Å². The van der Waals surface area contributed by atoms with Crippen molar-refractivity contribution >= 4 is 16.6 Å². The highest BCUT2D eigenvalue weighted by Gasteiger charge is 2.16. The third-order valence-corrected chi connectivity index (χ3v) is 3.93. The molecule has 0 atom stereocenters.